The van der Waals surface area contributed by atoms with Crippen molar-refractivity contribution in [2.45, 2.75) is 38.0 Å². The van der Waals surface area contributed by atoms with Crippen LogP contribution in [0.15, 0.2) is 36.8 Å². The topological polar surface area (TPSA) is 74.6 Å². The molecule has 4 heterocycles. The van der Waals surface area contributed by atoms with Crippen LogP contribution in [-0.4, -0.2) is 46.2 Å². The van der Waals surface area contributed by atoms with Gasteiger partial charge in [-0.2, -0.15) is 18.3 Å². The van der Waals surface area contributed by atoms with E-state index >= 15 is 0 Å². The van der Waals surface area contributed by atoms with Gasteiger partial charge in [0.1, 0.15) is 12.1 Å². The Hall–Kier alpha value is -3.21. The molecule has 0 bridgehead atoms. The van der Waals surface area contributed by atoms with Crippen molar-refractivity contribution >= 4 is 17.2 Å². The first kappa shape index (κ1) is 22.6. The van der Waals surface area contributed by atoms with Gasteiger partial charge < -0.3 is 15.5 Å². The number of piperidine rings is 1. The van der Waals surface area contributed by atoms with Crippen molar-refractivity contribution in [2.75, 3.05) is 24.5 Å². The summed E-state index contributed by atoms with van der Waals surface area (Å²) in [6.45, 7) is 4.05. The first-order chi connectivity index (χ1) is 16.2. The molecule has 2 aliphatic rings. The number of pyridine rings is 1. The highest BCUT2D eigenvalue weighted by molar-refractivity contribution is 5.96. The largest absolute Gasteiger partial charge is 0.419 e. The number of carbonyl (C=O) groups is 1. The Kier molecular flexibility index (Phi) is 5.67. The molecule has 34 heavy (non-hydrogen) atoms. The van der Waals surface area contributed by atoms with Gasteiger partial charge in [-0.15, -0.1) is 0 Å². The predicted molar refractivity (Wildman–Crippen MR) is 117 cm³/mol. The lowest BCUT2D eigenvalue weighted by molar-refractivity contribution is -0.140. The number of alkyl halides is 3. The van der Waals surface area contributed by atoms with Crippen molar-refractivity contribution in [2.24, 2.45) is 5.92 Å². The molecule has 2 saturated heterocycles. The molecule has 1 amide bonds. The molecule has 0 saturated carbocycles. The first-order valence-corrected chi connectivity index (χ1v) is 11.2. The number of amides is 1. The maximum absolute atomic E-state index is 14.5. The van der Waals surface area contributed by atoms with Crippen LogP contribution in [0.25, 0.3) is 5.65 Å². The Labute approximate surface area is 193 Å². The highest BCUT2D eigenvalue weighted by atomic mass is 19.4. The zero-order valence-corrected chi connectivity index (χ0v) is 18.4. The van der Waals surface area contributed by atoms with E-state index in [1.807, 2.05) is 0 Å². The minimum Gasteiger partial charge on any atom is -0.367 e. The Morgan fingerprint density at radius 1 is 1.29 bits per heavy atom. The Morgan fingerprint density at radius 2 is 2.12 bits per heavy atom. The molecule has 2 aliphatic heterocycles. The van der Waals surface area contributed by atoms with Gasteiger partial charge in [-0.05, 0) is 44.4 Å². The van der Waals surface area contributed by atoms with Gasteiger partial charge >= 0.3 is 6.18 Å². The average molecular weight is 476 g/mol. The van der Waals surface area contributed by atoms with Crippen LogP contribution in [0.3, 0.4) is 0 Å². The number of nitrogens with one attached hydrogen (secondary N) is 2. The molecule has 0 spiro atoms. The molecule has 2 aromatic heterocycles. The Balaban J connectivity index is 1.41. The van der Waals surface area contributed by atoms with Gasteiger partial charge in [0.25, 0.3) is 5.91 Å². The molecule has 2 fully saturated rings. The van der Waals surface area contributed by atoms with Crippen LogP contribution in [0, 0.1) is 11.7 Å². The summed E-state index contributed by atoms with van der Waals surface area (Å²) in [5.74, 6) is -1.29. The first-order valence-electron chi connectivity index (χ1n) is 11.2. The van der Waals surface area contributed by atoms with Gasteiger partial charge in [-0.1, -0.05) is 12.1 Å². The highest BCUT2D eigenvalue weighted by Crippen LogP contribution is 2.34. The van der Waals surface area contributed by atoms with E-state index in [-0.39, 0.29) is 11.1 Å². The number of fused-ring (bicyclic) bond motifs is 2. The van der Waals surface area contributed by atoms with Gasteiger partial charge in [-0.3, -0.25) is 4.79 Å². The molecule has 0 aliphatic carbocycles. The molecule has 7 nitrogen and oxygen atoms in total. The summed E-state index contributed by atoms with van der Waals surface area (Å²) in [5, 5.41) is 10.3. The third-order valence-electron chi connectivity index (χ3n) is 6.78. The summed E-state index contributed by atoms with van der Waals surface area (Å²) in [6.07, 6.45) is 0.280. The van der Waals surface area contributed by atoms with Crippen LogP contribution in [0.2, 0.25) is 0 Å². The van der Waals surface area contributed by atoms with E-state index in [4.69, 9.17) is 0 Å². The number of carbonyl (C=O) groups excluding carboxylic acids is 1. The summed E-state index contributed by atoms with van der Waals surface area (Å²) in [6, 6.07) is 4.15. The molecular formula is C23H24F4N6O. The van der Waals surface area contributed by atoms with Crippen molar-refractivity contribution in [1.82, 2.24) is 25.2 Å². The molecule has 0 radical (unpaired) electrons. The number of rotatable bonds is 4. The maximum atomic E-state index is 14.5. The molecule has 2 unspecified atom stereocenters. The fourth-order valence-corrected chi connectivity index (χ4v) is 4.98. The molecule has 2 N–H and O–H groups in total. The maximum Gasteiger partial charge on any atom is 0.419 e. The molecule has 1 aromatic carbocycles. The third-order valence-corrected chi connectivity index (χ3v) is 6.78. The summed E-state index contributed by atoms with van der Waals surface area (Å²) in [4.78, 5) is 19.6. The zero-order chi connectivity index (χ0) is 24.0. The minimum atomic E-state index is -4.82. The lowest BCUT2D eigenvalue weighted by atomic mass is 9.92. The number of aromatic nitrogens is 3. The van der Waals surface area contributed by atoms with E-state index in [1.54, 1.807) is 6.07 Å². The van der Waals surface area contributed by atoms with Crippen molar-refractivity contribution in [3.05, 3.63) is 59.3 Å². The third kappa shape index (κ3) is 4.08. The minimum absolute atomic E-state index is 0.236. The smallest absolute Gasteiger partial charge is 0.367 e. The molecule has 3 atom stereocenters. The van der Waals surface area contributed by atoms with Crippen molar-refractivity contribution < 1.29 is 22.4 Å². The fourth-order valence-electron chi connectivity index (χ4n) is 4.98. The van der Waals surface area contributed by atoms with E-state index < -0.39 is 29.5 Å². The Morgan fingerprint density at radius 3 is 2.91 bits per heavy atom. The monoisotopic (exact) mass is 476 g/mol. The van der Waals surface area contributed by atoms with Gasteiger partial charge in [0.05, 0.1) is 22.9 Å². The summed E-state index contributed by atoms with van der Waals surface area (Å²) >= 11 is 0. The summed E-state index contributed by atoms with van der Waals surface area (Å²) in [5.41, 5.74) is 0.0369. The lowest BCUT2D eigenvalue weighted by Gasteiger charge is -2.36. The van der Waals surface area contributed by atoms with E-state index in [2.05, 4.69) is 25.6 Å². The van der Waals surface area contributed by atoms with Crippen LogP contribution in [0.5, 0.6) is 0 Å². The zero-order valence-electron chi connectivity index (χ0n) is 18.4. The van der Waals surface area contributed by atoms with Crippen molar-refractivity contribution in [3.8, 4) is 0 Å². The SMILES string of the molecule is C[C@@H](NC(=O)c1cc(N2CCC3CCNC3C2)c2ncnn2c1)c1cccc(C(F)(F)F)c1F. The summed E-state index contributed by atoms with van der Waals surface area (Å²) in [7, 11) is 0. The number of anilines is 1. The van der Waals surface area contributed by atoms with Crippen molar-refractivity contribution in [1.29, 1.82) is 0 Å². The van der Waals surface area contributed by atoms with Crippen LogP contribution >= 0.6 is 0 Å². The second-order valence-electron chi connectivity index (χ2n) is 8.89. The van der Waals surface area contributed by atoms with E-state index in [0.717, 1.165) is 44.2 Å². The number of hydrogen-bond acceptors (Lipinski definition) is 5. The van der Waals surface area contributed by atoms with Crippen LogP contribution in [0.4, 0.5) is 23.2 Å². The average Bonchev–Trinajstić information content (AvgIpc) is 3.46. The fraction of sp³-hybridized carbons (Fsp3) is 0.435. The number of halogens is 4. The van der Waals surface area contributed by atoms with Gasteiger partial charge in [0.2, 0.25) is 0 Å². The number of benzene rings is 1. The van der Waals surface area contributed by atoms with E-state index in [1.165, 1.54) is 30.0 Å². The highest BCUT2D eigenvalue weighted by Gasteiger charge is 2.36. The predicted octanol–water partition coefficient (Wildman–Crippen LogP) is 3.57. The van der Waals surface area contributed by atoms with Gasteiger partial charge in [-0.25, -0.2) is 13.9 Å². The lowest BCUT2D eigenvalue weighted by Crippen LogP contribution is -2.46. The molecule has 5 rings (SSSR count). The second kappa shape index (κ2) is 8.53. The Bertz CT molecular complexity index is 1230. The molecule has 3 aromatic rings. The molecular weight excluding hydrogens is 452 g/mol. The van der Waals surface area contributed by atoms with Gasteiger partial charge in [0.15, 0.2) is 5.65 Å². The van der Waals surface area contributed by atoms with E-state index in [9.17, 15) is 22.4 Å². The molecule has 11 heteroatoms. The molecule has 180 valence electrons. The quantitative estimate of drug-likeness (QED) is 0.564. The van der Waals surface area contributed by atoms with Crippen molar-refractivity contribution in [3.63, 3.8) is 0 Å². The number of hydrogen-bond donors (Lipinski definition) is 2. The summed E-state index contributed by atoms with van der Waals surface area (Å²) < 4.78 is 55.3. The van der Waals surface area contributed by atoms with Crippen LogP contribution in [-0.2, 0) is 6.18 Å². The normalized spacial score (nSPS) is 21.5. The van der Waals surface area contributed by atoms with Gasteiger partial charge in [0, 0.05) is 30.9 Å². The van der Waals surface area contributed by atoms with Crippen LogP contribution < -0.4 is 15.5 Å². The second-order valence-corrected chi connectivity index (χ2v) is 8.89. The number of nitrogens with zero attached hydrogens (tertiary/aromatic N) is 4. The van der Waals surface area contributed by atoms with E-state index in [0.29, 0.717) is 23.7 Å². The standard InChI is InChI=1S/C23H24F4N6O/c1-13(16-3-2-4-17(20(16)24)23(25,26)27)31-22(34)15-9-19(21-29-12-30-33(21)10-15)32-8-6-14-5-7-28-18(14)11-32/h2-4,9-10,12-14,18,28H,5-8,11H2,1H3,(H,31,34)/t13-,14?,18?/m1/s1. The van der Waals surface area contributed by atoms with Crippen LogP contribution in [0.1, 0.15) is 47.3 Å².